The Kier molecular flexibility index (Phi) is 5.33. The van der Waals surface area contributed by atoms with Gasteiger partial charge in [-0.05, 0) is 73.8 Å². The van der Waals surface area contributed by atoms with E-state index in [-0.39, 0.29) is 17.3 Å². The Labute approximate surface area is 199 Å². The molecule has 4 aliphatic carbocycles. The Hall–Kier alpha value is -2.18. The zero-order chi connectivity index (χ0) is 22.6. The quantitative estimate of drug-likeness (QED) is 0.614. The van der Waals surface area contributed by atoms with Gasteiger partial charge in [-0.15, -0.1) is 11.3 Å². The van der Waals surface area contributed by atoms with E-state index in [4.69, 9.17) is 4.74 Å². The lowest BCUT2D eigenvalue weighted by Crippen LogP contribution is -2.51. The SMILES string of the molecule is COC(=O)c1c(NC(=O)C23CC4CC(CC(C4)C2)C3)sc2c1CCN(Cc1ccccc1)C2. The number of hydrogen-bond acceptors (Lipinski definition) is 5. The third kappa shape index (κ3) is 3.81. The third-order valence-electron chi connectivity index (χ3n) is 8.52. The number of anilines is 1. The predicted molar refractivity (Wildman–Crippen MR) is 129 cm³/mol. The van der Waals surface area contributed by atoms with E-state index in [1.807, 2.05) is 6.07 Å². The first kappa shape index (κ1) is 21.4. The third-order valence-corrected chi connectivity index (χ3v) is 9.65. The maximum atomic E-state index is 13.7. The number of ether oxygens (including phenoxy) is 1. The highest BCUT2D eigenvalue weighted by molar-refractivity contribution is 7.17. The van der Waals surface area contributed by atoms with E-state index in [9.17, 15) is 9.59 Å². The Balaban J connectivity index is 1.25. The molecule has 6 heteroatoms. The number of benzene rings is 1. The number of carbonyl (C=O) groups excluding carboxylic acids is 2. The molecule has 1 aliphatic heterocycles. The van der Waals surface area contributed by atoms with E-state index in [0.29, 0.717) is 28.3 Å². The Morgan fingerprint density at radius 1 is 1.09 bits per heavy atom. The molecule has 174 valence electrons. The molecular formula is C27H32N2O3S. The molecule has 1 aromatic heterocycles. The van der Waals surface area contributed by atoms with Crippen LogP contribution in [-0.4, -0.2) is 30.4 Å². The van der Waals surface area contributed by atoms with Crippen LogP contribution in [0.3, 0.4) is 0 Å². The number of hydrogen-bond donors (Lipinski definition) is 1. The number of nitrogens with zero attached hydrogens (tertiary/aromatic N) is 1. The van der Waals surface area contributed by atoms with Crippen LogP contribution in [0.2, 0.25) is 0 Å². The number of rotatable bonds is 5. The van der Waals surface area contributed by atoms with Crippen molar-refractivity contribution in [2.45, 2.75) is 58.0 Å². The summed E-state index contributed by atoms with van der Waals surface area (Å²) in [7, 11) is 1.43. The fraction of sp³-hybridized carbons (Fsp3) is 0.556. The molecule has 2 heterocycles. The highest BCUT2D eigenvalue weighted by atomic mass is 32.1. The van der Waals surface area contributed by atoms with Crippen LogP contribution in [-0.2, 0) is 29.0 Å². The van der Waals surface area contributed by atoms with Crippen molar-refractivity contribution in [3.63, 3.8) is 0 Å². The molecule has 7 rings (SSSR count). The molecule has 33 heavy (non-hydrogen) atoms. The van der Waals surface area contributed by atoms with Crippen LogP contribution in [0.1, 0.15) is 64.9 Å². The lowest BCUT2D eigenvalue weighted by molar-refractivity contribution is -0.140. The molecule has 4 saturated carbocycles. The van der Waals surface area contributed by atoms with Gasteiger partial charge in [0.2, 0.25) is 5.91 Å². The van der Waals surface area contributed by atoms with Gasteiger partial charge in [0.15, 0.2) is 0 Å². The van der Waals surface area contributed by atoms with Crippen molar-refractivity contribution in [2.24, 2.45) is 23.2 Å². The molecule has 4 fully saturated rings. The average molecular weight is 465 g/mol. The van der Waals surface area contributed by atoms with Crippen LogP contribution in [0.4, 0.5) is 5.00 Å². The number of nitrogens with one attached hydrogen (secondary N) is 1. The molecule has 1 amide bonds. The monoisotopic (exact) mass is 464 g/mol. The molecule has 4 bridgehead atoms. The van der Waals surface area contributed by atoms with Crippen molar-refractivity contribution in [2.75, 3.05) is 19.0 Å². The molecule has 0 atom stereocenters. The smallest absolute Gasteiger partial charge is 0.341 e. The molecule has 0 radical (unpaired) electrons. The first-order chi connectivity index (χ1) is 16.0. The maximum absolute atomic E-state index is 13.7. The van der Waals surface area contributed by atoms with E-state index < -0.39 is 0 Å². The standard InChI is InChI=1S/C27H32N2O3S/c1-32-25(30)23-21-7-8-29(15-17-5-3-2-4-6-17)16-22(21)33-24(23)28-26(31)27-12-18-9-19(13-27)11-20(10-18)14-27/h2-6,18-20H,7-16H2,1H3,(H,28,31). The molecule has 0 spiro atoms. The zero-order valence-corrected chi connectivity index (χ0v) is 20.1. The number of esters is 1. The zero-order valence-electron chi connectivity index (χ0n) is 19.3. The minimum Gasteiger partial charge on any atom is -0.465 e. The highest BCUT2D eigenvalue weighted by Gasteiger charge is 2.54. The summed E-state index contributed by atoms with van der Waals surface area (Å²) < 4.78 is 5.16. The lowest BCUT2D eigenvalue weighted by atomic mass is 9.49. The molecule has 5 aliphatic rings. The topological polar surface area (TPSA) is 58.6 Å². The van der Waals surface area contributed by atoms with Crippen molar-refractivity contribution in [1.82, 2.24) is 4.90 Å². The van der Waals surface area contributed by atoms with Gasteiger partial charge in [0.05, 0.1) is 18.1 Å². The Bertz CT molecular complexity index is 1040. The second kappa shape index (κ2) is 8.24. The van der Waals surface area contributed by atoms with Gasteiger partial charge in [-0.2, -0.15) is 0 Å². The van der Waals surface area contributed by atoms with Gasteiger partial charge in [0, 0.05) is 24.5 Å². The van der Waals surface area contributed by atoms with Gasteiger partial charge < -0.3 is 10.1 Å². The van der Waals surface area contributed by atoms with Crippen LogP contribution in [0.5, 0.6) is 0 Å². The van der Waals surface area contributed by atoms with Gasteiger partial charge in [-0.3, -0.25) is 9.69 Å². The summed E-state index contributed by atoms with van der Waals surface area (Å²) in [6.07, 6.45) is 7.80. The fourth-order valence-corrected chi connectivity index (χ4v) is 8.74. The summed E-state index contributed by atoms with van der Waals surface area (Å²) in [6.45, 7) is 2.58. The van der Waals surface area contributed by atoms with Crippen molar-refractivity contribution in [3.05, 3.63) is 51.9 Å². The first-order valence-corrected chi connectivity index (χ1v) is 13.2. The average Bonchev–Trinajstić information content (AvgIpc) is 3.15. The minimum atomic E-state index is -0.329. The van der Waals surface area contributed by atoms with Crippen molar-refractivity contribution in [1.29, 1.82) is 0 Å². The van der Waals surface area contributed by atoms with E-state index in [2.05, 4.69) is 34.5 Å². The molecule has 2 aromatic rings. The van der Waals surface area contributed by atoms with Gasteiger partial charge >= 0.3 is 5.97 Å². The minimum absolute atomic E-state index is 0.145. The van der Waals surface area contributed by atoms with Crippen molar-refractivity contribution >= 4 is 28.2 Å². The van der Waals surface area contributed by atoms with E-state index in [1.165, 1.54) is 36.8 Å². The van der Waals surface area contributed by atoms with Gasteiger partial charge in [0.25, 0.3) is 0 Å². The first-order valence-electron chi connectivity index (χ1n) is 12.3. The molecule has 0 unspecified atom stereocenters. The predicted octanol–water partition coefficient (Wildman–Crippen LogP) is 5.25. The summed E-state index contributed by atoms with van der Waals surface area (Å²) in [5.74, 6) is 1.96. The van der Waals surface area contributed by atoms with Crippen molar-refractivity contribution in [3.8, 4) is 0 Å². The normalized spacial score (nSPS) is 30.2. The van der Waals surface area contributed by atoms with Gasteiger partial charge in [0.1, 0.15) is 5.00 Å². The molecule has 0 saturated heterocycles. The molecule has 1 aromatic carbocycles. The van der Waals surface area contributed by atoms with E-state index in [1.54, 1.807) is 11.3 Å². The number of methoxy groups -OCH3 is 1. The van der Waals surface area contributed by atoms with Crippen LogP contribution in [0.15, 0.2) is 30.3 Å². The second-order valence-corrected chi connectivity index (χ2v) is 11.9. The van der Waals surface area contributed by atoms with E-state index in [0.717, 1.165) is 50.9 Å². The van der Waals surface area contributed by atoms with Crippen LogP contribution < -0.4 is 5.32 Å². The maximum Gasteiger partial charge on any atom is 0.341 e. The molecule has 5 nitrogen and oxygen atoms in total. The number of amides is 1. The molecule has 1 N–H and O–H groups in total. The van der Waals surface area contributed by atoms with Crippen molar-refractivity contribution < 1.29 is 14.3 Å². The highest BCUT2D eigenvalue weighted by Crippen LogP contribution is 2.60. The van der Waals surface area contributed by atoms with E-state index >= 15 is 0 Å². The number of fused-ring (bicyclic) bond motifs is 1. The number of thiophene rings is 1. The number of carbonyl (C=O) groups is 2. The summed E-state index contributed by atoms with van der Waals surface area (Å²) in [4.78, 5) is 30.1. The van der Waals surface area contributed by atoms with Gasteiger partial charge in [-0.25, -0.2) is 4.79 Å². The Morgan fingerprint density at radius 2 is 1.76 bits per heavy atom. The summed E-state index contributed by atoms with van der Waals surface area (Å²) >= 11 is 1.58. The fourth-order valence-electron chi connectivity index (χ4n) is 7.46. The summed E-state index contributed by atoms with van der Waals surface area (Å²) in [6, 6.07) is 10.5. The summed E-state index contributed by atoms with van der Waals surface area (Å²) in [5.41, 5.74) is 2.72. The van der Waals surface area contributed by atoms with Crippen LogP contribution >= 0.6 is 11.3 Å². The van der Waals surface area contributed by atoms with Crippen LogP contribution in [0, 0.1) is 23.2 Å². The molecular weight excluding hydrogens is 432 g/mol. The Morgan fingerprint density at radius 3 is 2.39 bits per heavy atom. The summed E-state index contributed by atoms with van der Waals surface area (Å²) in [5, 5.41) is 3.97. The van der Waals surface area contributed by atoms with Crippen LogP contribution in [0.25, 0.3) is 0 Å². The lowest BCUT2D eigenvalue weighted by Gasteiger charge is -2.55. The second-order valence-electron chi connectivity index (χ2n) is 10.8. The van der Waals surface area contributed by atoms with Gasteiger partial charge in [-0.1, -0.05) is 30.3 Å². The largest absolute Gasteiger partial charge is 0.465 e.